The third-order valence-electron chi connectivity index (χ3n) is 4.58. The lowest BCUT2D eigenvalue weighted by molar-refractivity contribution is 0.626. The van der Waals surface area contributed by atoms with Gasteiger partial charge in [-0.15, -0.1) is 0 Å². The highest BCUT2D eigenvalue weighted by molar-refractivity contribution is 5.91. The van der Waals surface area contributed by atoms with Crippen LogP contribution in [0.25, 0.3) is 10.9 Å². The predicted molar refractivity (Wildman–Crippen MR) is 109 cm³/mol. The van der Waals surface area contributed by atoms with Gasteiger partial charge in [0.05, 0.1) is 11.6 Å². The van der Waals surface area contributed by atoms with Gasteiger partial charge < -0.3 is 10.6 Å². The Morgan fingerprint density at radius 2 is 1.86 bits per heavy atom. The molecule has 2 aromatic heterocycles. The zero-order chi connectivity index (χ0) is 19.5. The van der Waals surface area contributed by atoms with E-state index in [0.29, 0.717) is 17.6 Å². The van der Waals surface area contributed by atoms with Crippen molar-refractivity contribution in [2.75, 3.05) is 10.6 Å². The molecule has 4 rings (SSSR count). The Kier molecular flexibility index (Phi) is 4.89. The number of benzene rings is 2. The number of hydrogen-bond donors (Lipinski definition) is 3. The smallest absolute Gasteiger partial charge is 0.225 e. The number of hydrogen-bond acceptors (Lipinski definition) is 5. The largest absolute Gasteiger partial charge is 0.348 e. The van der Waals surface area contributed by atoms with Crippen LogP contribution in [-0.4, -0.2) is 20.2 Å². The molecule has 0 unspecified atom stereocenters. The monoisotopic (exact) mass is 376 g/mol. The SMILES string of the molecule is CCc1cc(Nc2nc(N[C@H](C)c3ccc(F)cc3)nc3ccccc23)n[nH]1. The van der Waals surface area contributed by atoms with Gasteiger partial charge in [0.15, 0.2) is 5.82 Å². The van der Waals surface area contributed by atoms with Gasteiger partial charge in [-0.1, -0.05) is 31.2 Å². The van der Waals surface area contributed by atoms with Crippen LogP contribution in [0.1, 0.15) is 31.1 Å². The maximum atomic E-state index is 13.2. The average molecular weight is 376 g/mol. The van der Waals surface area contributed by atoms with Crippen LogP contribution in [0.3, 0.4) is 0 Å². The van der Waals surface area contributed by atoms with E-state index in [1.807, 2.05) is 37.3 Å². The summed E-state index contributed by atoms with van der Waals surface area (Å²) in [6, 6.07) is 16.1. The van der Waals surface area contributed by atoms with E-state index in [1.54, 1.807) is 12.1 Å². The second-order valence-corrected chi connectivity index (χ2v) is 6.59. The Bertz CT molecular complexity index is 1090. The molecule has 0 aliphatic rings. The van der Waals surface area contributed by atoms with E-state index >= 15 is 0 Å². The number of fused-ring (bicyclic) bond motifs is 1. The molecule has 7 heteroatoms. The van der Waals surface area contributed by atoms with Crippen molar-refractivity contribution in [2.24, 2.45) is 0 Å². The number of anilines is 3. The standard InChI is InChI=1S/C21H21FN6/c1-3-16-12-19(28-27-16)25-20-17-6-4-5-7-18(17)24-21(26-20)23-13(2)14-8-10-15(22)11-9-14/h4-13H,3H2,1-2H3,(H3,23,24,25,26,27,28)/t13-/m1/s1. The van der Waals surface area contributed by atoms with Crippen LogP contribution in [-0.2, 0) is 6.42 Å². The van der Waals surface area contributed by atoms with Gasteiger partial charge in [0, 0.05) is 17.1 Å². The highest BCUT2D eigenvalue weighted by Crippen LogP contribution is 2.26. The number of rotatable bonds is 6. The fraction of sp³-hybridized carbons (Fsp3) is 0.190. The molecule has 3 N–H and O–H groups in total. The Hall–Kier alpha value is -3.48. The summed E-state index contributed by atoms with van der Waals surface area (Å²) < 4.78 is 13.2. The zero-order valence-corrected chi connectivity index (χ0v) is 15.7. The van der Waals surface area contributed by atoms with Gasteiger partial charge in [-0.2, -0.15) is 10.1 Å². The molecular weight excluding hydrogens is 355 g/mol. The van der Waals surface area contributed by atoms with Crippen LogP contribution in [0.2, 0.25) is 0 Å². The predicted octanol–water partition coefficient (Wildman–Crippen LogP) is 4.97. The van der Waals surface area contributed by atoms with Gasteiger partial charge >= 0.3 is 0 Å². The number of nitrogens with one attached hydrogen (secondary N) is 3. The molecule has 2 heterocycles. The van der Waals surface area contributed by atoms with Gasteiger partial charge in [-0.25, -0.2) is 9.37 Å². The summed E-state index contributed by atoms with van der Waals surface area (Å²) in [5.74, 6) is 1.62. The van der Waals surface area contributed by atoms with Crippen LogP contribution in [0.5, 0.6) is 0 Å². The summed E-state index contributed by atoms with van der Waals surface area (Å²) in [5, 5.41) is 14.8. The number of nitrogens with zero attached hydrogens (tertiary/aromatic N) is 3. The first-order valence-corrected chi connectivity index (χ1v) is 9.22. The van der Waals surface area contributed by atoms with Gasteiger partial charge in [0.1, 0.15) is 11.6 Å². The van der Waals surface area contributed by atoms with Crippen molar-refractivity contribution >= 4 is 28.5 Å². The molecule has 0 fully saturated rings. The molecule has 0 saturated heterocycles. The molecule has 0 aliphatic carbocycles. The number of halogens is 1. The molecule has 2 aromatic carbocycles. The Morgan fingerprint density at radius 1 is 1.07 bits per heavy atom. The first kappa shape index (κ1) is 17.9. The summed E-state index contributed by atoms with van der Waals surface area (Å²) in [5.41, 5.74) is 2.82. The van der Waals surface area contributed by atoms with E-state index in [9.17, 15) is 4.39 Å². The Balaban J connectivity index is 1.66. The van der Waals surface area contributed by atoms with Crippen LogP contribution in [0, 0.1) is 5.82 Å². The number of aryl methyl sites for hydroxylation is 1. The van der Waals surface area contributed by atoms with Crippen molar-refractivity contribution in [3.8, 4) is 0 Å². The second kappa shape index (κ2) is 7.64. The third-order valence-corrected chi connectivity index (χ3v) is 4.58. The molecule has 0 radical (unpaired) electrons. The maximum absolute atomic E-state index is 13.2. The number of aromatic nitrogens is 4. The minimum absolute atomic E-state index is 0.0771. The molecule has 0 aliphatic heterocycles. The first-order chi connectivity index (χ1) is 13.6. The van der Waals surface area contributed by atoms with Crippen molar-refractivity contribution < 1.29 is 4.39 Å². The van der Waals surface area contributed by atoms with Crippen LogP contribution < -0.4 is 10.6 Å². The minimum atomic E-state index is -0.255. The van der Waals surface area contributed by atoms with E-state index in [1.165, 1.54) is 12.1 Å². The normalized spacial score (nSPS) is 12.1. The second-order valence-electron chi connectivity index (χ2n) is 6.59. The van der Waals surface area contributed by atoms with E-state index in [2.05, 4.69) is 37.7 Å². The van der Waals surface area contributed by atoms with Crippen molar-refractivity contribution in [2.45, 2.75) is 26.3 Å². The third kappa shape index (κ3) is 3.78. The number of H-pyrrole nitrogens is 1. The molecule has 0 bridgehead atoms. The molecular formula is C21H21FN6. The zero-order valence-electron chi connectivity index (χ0n) is 15.7. The summed E-state index contributed by atoms with van der Waals surface area (Å²) in [6.07, 6.45) is 0.876. The van der Waals surface area contributed by atoms with Crippen LogP contribution in [0.15, 0.2) is 54.6 Å². The van der Waals surface area contributed by atoms with E-state index in [0.717, 1.165) is 28.6 Å². The van der Waals surface area contributed by atoms with Gasteiger partial charge in [-0.05, 0) is 43.2 Å². The van der Waals surface area contributed by atoms with Crippen molar-refractivity contribution in [3.63, 3.8) is 0 Å². The van der Waals surface area contributed by atoms with Crippen LogP contribution in [0.4, 0.5) is 22.0 Å². The highest BCUT2D eigenvalue weighted by atomic mass is 19.1. The Labute approximate surface area is 162 Å². The van der Waals surface area contributed by atoms with Crippen molar-refractivity contribution in [1.29, 1.82) is 0 Å². The fourth-order valence-electron chi connectivity index (χ4n) is 2.99. The Morgan fingerprint density at radius 3 is 2.61 bits per heavy atom. The van der Waals surface area contributed by atoms with E-state index in [-0.39, 0.29) is 11.9 Å². The van der Waals surface area contributed by atoms with Crippen molar-refractivity contribution in [3.05, 3.63) is 71.7 Å². The summed E-state index contributed by atoms with van der Waals surface area (Å²) in [4.78, 5) is 9.27. The van der Waals surface area contributed by atoms with Gasteiger partial charge in [0.25, 0.3) is 0 Å². The highest BCUT2D eigenvalue weighted by Gasteiger charge is 2.12. The van der Waals surface area contributed by atoms with Crippen LogP contribution >= 0.6 is 0 Å². The molecule has 142 valence electrons. The molecule has 6 nitrogen and oxygen atoms in total. The summed E-state index contributed by atoms with van der Waals surface area (Å²) in [6.45, 7) is 4.05. The van der Waals surface area contributed by atoms with Gasteiger partial charge in [0.2, 0.25) is 5.95 Å². The molecule has 0 spiro atoms. The fourth-order valence-corrected chi connectivity index (χ4v) is 2.99. The summed E-state index contributed by atoms with van der Waals surface area (Å²) in [7, 11) is 0. The molecule has 1 atom stereocenters. The lowest BCUT2D eigenvalue weighted by Gasteiger charge is -2.16. The maximum Gasteiger partial charge on any atom is 0.225 e. The average Bonchev–Trinajstić information content (AvgIpc) is 3.16. The lowest BCUT2D eigenvalue weighted by Crippen LogP contribution is -2.10. The first-order valence-electron chi connectivity index (χ1n) is 9.22. The van der Waals surface area contributed by atoms with E-state index < -0.39 is 0 Å². The van der Waals surface area contributed by atoms with Crippen molar-refractivity contribution in [1.82, 2.24) is 20.2 Å². The topological polar surface area (TPSA) is 78.5 Å². The lowest BCUT2D eigenvalue weighted by atomic mass is 10.1. The quantitative estimate of drug-likeness (QED) is 0.443. The molecule has 28 heavy (non-hydrogen) atoms. The van der Waals surface area contributed by atoms with E-state index in [4.69, 9.17) is 0 Å². The minimum Gasteiger partial charge on any atom is -0.348 e. The molecule has 0 amide bonds. The summed E-state index contributed by atoms with van der Waals surface area (Å²) >= 11 is 0. The number of para-hydroxylation sites is 1. The number of aromatic amines is 1. The molecule has 4 aromatic rings. The molecule has 0 saturated carbocycles. The van der Waals surface area contributed by atoms with Gasteiger partial charge in [-0.3, -0.25) is 5.10 Å².